The van der Waals surface area contributed by atoms with Crippen LogP contribution in [0.25, 0.3) is 0 Å². The van der Waals surface area contributed by atoms with E-state index in [0.29, 0.717) is 18.0 Å². The van der Waals surface area contributed by atoms with Gasteiger partial charge in [-0.15, -0.1) is 0 Å². The number of likely N-dealkylation sites (tertiary alicyclic amines) is 1. The molecule has 1 aromatic rings. The molecule has 2 N–H and O–H groups in total. The van der Waals surface area contributed by atoms with E-state index < -0.39 is 0 Å². The lowest BCUT2D eigenvalue weighted by molar-refractivity contribution is 0.0571. The van der Waals surface area contributed by atoms with Gasteiger partial charge in [-0.05, 0) is 43.0 Å². The quantitative estimate of drug-likeness (QED) is 0.857. The van der Waals surface area contributed by atoms with Crippen molar-refractivity contribution in [3.05, 3.63) is 35.4 Å². The van der Waals surface area contributed by atoms with E-state index >= 15 is 0 Å². The Labute approximate surface area is 126 Å². The second-order valence-corrected chi connectivity index (χ2v) is 5.30. The first kappa shape index (κ1) is 15.6. The van der Waals surface area contributed by atoms with Crippen LogP contribution in [-0.4, -0.2) is 44.2 Å². The number of nitrogens with zero attached hydrogens (tertiary/aromatic N) is 1. The normalized spacial score (nSPS) is 18.0. The van der Waals surface area contributed by atoms with Crippen LogP contribution in [0.15, 0.2) is 24.3 Å². The van der Waals surface area contributed by atoms with Crippen LogP contribution in [-0.2, 0) is 4.74 Å². The number of hydrogen-bond donors (Lipinski definition) is 1. The molecule has 0 radical (unpaired) electrons. The van der Waals surface area contributed by atoms with Crippen molar-refractivity contribution < 1.29 is 9.53 Å². The number of ether oxygens (including phenoxy) is 1. The van der Waals surface area contributed by atoms with Crippen molar-refractivity contribution in [1.29, 1.82) is 0 Å². The summed E-state index contributed by atoms with van der Waals surface area (Å²) in [7, 11) is 1.71. The summed E-state index contributed by atoms with van der Waals surface area (Å²) in [6, 6.07) is 7.41. The molecule has 0 aromatic heterocycles. The molecule has 112 valence electrons. The molecule has 0 aliphatic carbocycles. The molecule has 1 saturated heterocycles. The number of carbonyl (C=O) groups is 1. The lowest BCUT2D eigenvalue weighted by atomic mass is 9.98. The van der Waals surface area contributed by atoms with Crippen LogP contribution < -0.4 is 5.73 Å². The van der Waals surface area contributed by atoms with Gasteiger partial charge in [-0.25, -0.2) is 0 Å². The highest BCUT2D eigenvalue weighted by Crippen LogP contribution is 2.19. The summed E-state index contributed by atoms with van der Waals surface area (Å²) in [4.78, 5) is 14.4. The largest absolute Gasteiger partial charge is 0.384 e. The summed E-state index contributed by atoms with van der Waals surface area (Å²) in [5.41, 5.74) is 6.94. The zero-order valence-corrected chi connectivity index (χ0v) is 12.5. The molecule has 0 saturated carbocycles. The molecule has 0 bridgehead atoms. The maximum absolute atomic E-state index is 12.5. The van der Waals surface area contributed by atoms with Crippen LogP contribution in [0.3, 0.4) is 0 Å². The predicted molar refractivity (Wildman–Crippen MR) is 82.9 cm³/mol. The fourth-order valence-electron chi connectivity index (χ4n) is 2.65. The second kappa shape index (κ2) is 7.82. The number of carbonyl (C=O) groups excluding carboxylic acids is 1. The van der Waals surface area contributed by atoms with Crippen molar-refractivity contribution >= 4 is 5.91 Å². The molecule has 21 heavy (non-hydrogen) atoms. The molecule has 2 rings (SSSR count). The van der Waals surface area contributed by atoms with Gasteiger partial charge in [0.25, 0.3) is 5.91 Å². The summed E-state index contributed by atoms with van der Waals surface area (Å²) in [6.07, 6.45) is 2.17. The first-order chi connectivity index (χ1) is 10.2. The highest BCUT2D eigenvalue weighted by atomic mass is 16.5. The predicted octanol–water partition coefficient (Wildman–Crippen LogP) is 1.50. The molecular weight excluding hydrogens is 264 g/mol. The van der Waals surface area contributed by atoms with E-state index in [4.69, 9.17) is 10.5 Å². The van der Waals surface area contributed by atoms with Gasteiger partial charge in [0.1, 0.15) is 0 Å². The van der Waals surface area contributed by atoms with Crippen LogP contribution in [0.4, 0.5) is 0 Å². The van der Waals surface area contributed by atoms with Gasteiger partial charge in [0.15, 0.2) is 0 Å². The minimum atomic E-state index is 0.0918. The number of rotatable bonds is 3. The second-order valence-electron chi connectivity index (χ2n) is 5.30. The average molecular weight is 286 g/mol. The minimum absolute atomic E-state index is 0.0918. The van der Waals surface area contributed by atoms with Crippen LogP contribution >= 0.6 is 0 Å². The van der Waals surface area contributed by atoms with E-state index in [1.807, 2.05) is 29.2 Å². The van der Waals surface area contributed by atoms with Gasteiger partial charge in [0.2, 0.25) is 0 Å². The number of methoxy groups -OCH3 is 1. The Bertz CT molecular complexity index is 526. The average Bonchev–Trinajstić information content (AvgIpc) is 2.53. The van der Waals surface area contributed by atoms with Crippen LogP contribution in [0.1, 0.15) is 28.8 Å². The van der Waals surface area contributed by atoms with Crippen molar-refractivity contribution in [3.8, 4) is 11.8 Å². The number of benzene rings is 1. The molecule has 1 amide bonds. The van der Waals surface area contributed by atoms with E-state index in [0.717, 1.165) is 38.1 Å². The number of nitrogens with two attached hydrogens (primary N) is 1. The van der Waals surface area contributed by atoms with Crippen molar-refractivity contribution in [2.75, 3.05) is 33.4 Å². The fourth-order valence-corrected chi connectivity index (χ4v) is 2.65. The molecule has 4 heteroatoms. The zero-order chi connectivity index (χ0) is 15.1. The molecule has 1 aliphatic rings. The first-order valence-corrected chi connectivity index (χ1v) is 7.32. The van der Waals surface area contributed by atoms with E-state index in [1.54, 1.807) is 7.11 Å². The van der Waals surface area contributed by atoms with E-state index in [2.05, 4.69) is 11.8 Å². The van der Waals surface area contributed by atoms with Crippen molar-refractivity contribution in [3.63, 3.8) is 0 Å². The summed E-state index contributed by atoms with van der Waals surface area (Å²) in [5.74, 6) is 6.30. The van der Waals surface area contributed by atoms with Gasteiger partial charge in [-0.1, -0.05) is 11.8 Å². The van der Waals surface area contributed by atoms with Crippen molar-refractivity contribution in [1.82, 2.24) is 4.90 Å². The van der Waals surface area contributed by atoms with Gasteiger partial charge < -0.3 is 15.4 Å². The Hall–Kier alpha value is -1.83. The third kappa shape index (κ3) is 4.32. The Morgan fingerprint density at radius 3 is 2.86 bits per heavy atom. The topological polar surface area (TPSA) is 55.6 Å². The highest BCUT2D eigenvalue weighted by molar-refractivity contribution is 5.94. The molecule has 1 aliphatic heterocycles. The number of amides is 1. The fraction of sp³-hybridized carbons (Fsp3) is 0.471. The molecule has 1 atom stereocenters. The van der Waals surface area contributed by atoms with Gasteiger partial charge in [-0.3, -0.25) is 4.79 Å². The maximum atomic E-state index is 12.5. The van der Waals surface area contributed by atoms with Crippen LogP contribution in [0.2, 0.25) is 0 Å². The Balaban J connectivity index is 2.02. The zero-order valence-electron chi connectivity index (χ0n) is 12.5. The van der Waals surface area contributed by atoms with Gasteiger partial charge in [0, 0.05) is 31.3 Å². The van der Waals surface area contributed by atoms with Crippen LogP contribution in [0, 0.1) is 17.8 Å². The van der Waals surface area contributed by atoms with Gasteiger partial charge in [0.05, 0.1) is 13.2 Å². The van der Waals surface area contributed by atoms with Crippen molar-refractivity contribution in [2.24, 2.45) is 11.7 Å². The number of piperidine rings is 1. The third-order valence-electron chi connectivity index (χ3n) is 3.68. The maximum Gasteiger partial charge on any atom is 0.253 e. The first-order valence-electron chi connectivity index (χ1n) is 7.32. The Morgan fingerprint density at radius 1 is 1.43 bits per heavy atom. The molecular formula is C17H22N2O2. The SMILES string of the molecule is COCC1CCCN(C(=O)c2ccc(C#CCN)cc2)C1. The third-order valence-corrected chi connectivity index (χ3v) is 3.68. The van der Waals surface area contributed by atoms with E-state index in [9.17, 15) is 4.79 Å². The summed E-state index contributed by atoms with van der Waals surface area (Å²) >= 11 is 0. The Morgan fingerprint density at radius 2 is 2.19 bits per heavy atom. The minimum Gasteiger partial charge on any atom is -0.384 e. The van der Waals surface area contributed by atoms with Crippen molar-refractivity contribution in [2.45, 2.75) is 12.8 Å². The molecule has 1 fully saturated rings. The molecule has 1 unspecified atom stereocenters. The van der Waals surface area contributed by atoms with Gasteiger partial charge >= 0.3 is 0 Å². The summed E-state index contributed by atoms with van der Waals surface area (Å²) < 4.78 is 5.20. The smallest absolute Gasteiger partial charge is 0.253 e. The molecule has 1 heterocycles. The molecule has 4 nitrogen and oxygen atoms in total. The van der Waals surface area contributed by atoms with E-state index in [-0.39, 0.29) is 5.91 Å². The molecule has 0 spiro atoms. The van der Waals surface area contributed by atoms with Gasteiger partial charge in [-0.2, -0.15) is 0 Å². The molecule has 1 aromatic carbocycles. The monoisotopic (exact) mass is 286 g/mol. The lowest BCUT2D eigenvalue weighted by Gasteiger charge is -2.32. The van der Waals surface area contributed by atoms with E-state index in [1.165, 1.54) is 0 Å². The van der Waals surface area contributed by atoms with Crippen LogP contribution in [0.5, 0.6) is 0 Å². The number of hydrogen-bond acceptors (Lipinski definition) is 3. The summed E-state index contributed by atoms with van der Waals surface area (Å²) in [6.45, 7) is 2.67. The Kier molecular flexibility index (Phi) is 5.79. The highest BCUT2D eigenvalue weighted by Gasteiger charge is 2.24. The lowest BCUT2D eigenvalue weighted by Crippen LogP contribution is -2.41. The standard InChI is InChI=1S/C17H22N2O2/c1-21-13-15-5-3-11-19(12-15)17(20)16-8-6-14(7-9-16)4-2-10-18/h6-9,15H,3,5,10-13,18H2,1H3. The summed E-state index contributed by atoms with van der Waals surface area (Å²) in [5, 5.41) is 0.